The van der Waals surface area contributed by atoms with E-state index in [1.165, 1.54) is 10.9 Å². The SMILES string of the molecule is CC1CCC(CO)CN1C(=O)CCn1ccc2ccccc21. The fourth-order valence-corrected chi connectivity index (χ4v) is 3.37. The highest BCUT2D eigenvalue weighted by Gasteiger charge is 2.28. The maximum Gasteiger partial charge on any atom is 0.224 e. The third-order valence-electron chi connectivity index (χ3n) is 4.80. The van der Waals surface area contributed by atoms with Crippen LogP contribution in [-0.4, -0.2) is 39.7 Å². The fourth-order valence-electron chi connectivity index (χ4n) is 3.37. The highest BCUT2D eigenvalue weighted by molar-refractivity contribution is 5.80. The predicted molar refractivity (Wildman–Crippen MR) is 87.5 cm³/mol. The number of amides is 1. The summed E-state index contributed by atoms with van der Waals surface area (Å²) in [6, 6.07) is 10.6. The lowest BCUT2D eigenvalue weighted by molar-refractivity contribution is -0.136. The van der Waals surface area contributed by atoms with Crippen LogP contribution in [0.15, 0.2) is 36.5 Å². The molecule has 4 nitrogen and oxygen atoms in total. The molecule has 2 unspecified atom stereocenters. The number of aromatic nitrogens is 1. The molecule has 4 heteroatoms. The molecule has 1 fully saturated rings. The van der Waals surface area contributed by atoms with Gasteiger partial charge in [-0.05, 0) is 43.2 Å². The van der Waals surface area contributed by atoms with Gasteiger partial charge in [0.15, 0.2) is 0 Å². The number of rotatable bonds is 4. The molecule has 2 atom stereocenters. The summed E-state index contributed by atoms with van der Waals surface area (Å²) >= 11 is 0. The summed E-state index contributed by atoms with van der Waals surface area (Å²) in [7, 11) is 0. The molecule has 22 heavy (non-hydrogen) atoms. The highest BCUT2D eigenvalue weighted by atomic mass is 16.3. The average Bonchev–Trinajstić information content (AvgIpc) is 2.96. The second kappa shape index (κ2) is 6.53. The molecule has 0 bridgehead atoms. The monoisotopic (exact) mass is 300 g/mol. The van der Waals surface area contributed by atoms with Crippen molar-refractivity contribution in [2.75, 3.05) is 13.2 Å². The van der Waals surface area contributed by atoms with E-state index in [1.807, 2.05) is 23.2 Å². The second-order valence-electron chi connectivity index (χ2n) is 6.34. The number of carbonyl (C=O) groups excluding carboxylic acids is 1. The van der Waals surface area contributed by atoms with Gasteiger partial charge in [0.25, 0.3) is 0 Å². The maximum absolute atomic E-state index is 12.5. The van der Waals surface area contributed by atoms with Gasteiger partial charge in [-0.3, -0.25) is 4.79 Å². The molecule has 1 aromatic carbocycles. The zero-order valence-electron chi connectivity index (χ0n) is 13.1. The first-order valence-electron chi connectivity index (χ1n) is 8.13. The molecule has 1 aromatic heterocycles. The Morgan fingerprint density at radius 1 is 1.27 bits per heavy atom. The Morgan fingerprint density at radius 2 is 2.09 bits per heavy atom. The first-order valence-corrected chi connectivity index (χ1v) is 8.13. The zero-order valence-corrected chi connectivity index (χ0v) is 13.1. The Labute approximate surface area is 131 Å². The standard InChI is InChI=1S/C18H24N2O2/c1-14-6-7-15(13-21)12-20(14)18(22)9-11-19-10-8-16-4-2-3-5-17(16)19/h2-5,8,10,14-15,21H,6-7,9,11-13H2,1H3. The van der Waals surface area contributed by atoms with Gasteiger partial charge in [-0.15, -0.1) is 0 Å². The summed E-state index contributed by atoms with van der Waals surface area (Å²) < 4.78 is 2.14. The number of nitrogens with zero attached hydrogens (tertiary/aromatic N) is 2. The number of carbonyl (C=O) groups is 1. The Morgan fingerprint density at radius 3 is 2.91 bits per heavy atom. The van der Waals surface area contributed by atoms with Crippen molar-refractivity contribution < 1.29 is 9.90 Å². The largest absolute Gasteiger partial charge is 0.396 e. The summed E-state index contributed by atoms with van der Waals surface area (Å²) in [6.07, 6.45) is 4.57. The minimum Gasteiger partial charge on any atom is -0.396 e. The molecule has 118 valence electrons. The van der Waals surface area contributed by atoms with E-state index in [4.69, 9.17) is 0 Å². The number of piperidine rings is 1. The molecule has 0 spiro atoms. The van der Waals surface area contributed by atoms with Crippen molar-refractivity contribution in [3.05, 3.63) is 36.5 Å². The topological polar surface area (TPSA) is 45.5 Å². The van der Waals surface area contributed by atoms with Crippen LogP contribution in [0.4, 0.5) is 0 Å². The lowest BCUT2D eigenvalue weighted by Crippen LogP contribution is -2.46. The van der Waals surface area contributed by atoms with Crippen LogP contribution in [0.2, 0.25) is 0 Å². The normalized spacial score (nSPS) is 22.2. The van der Waals surface area contributed by atoms with E-state index in [2.05, 4.69) is 29.7 Å². The zero-order chi connectivity index (χ0) is 15.5. The first kappa shape index (κ1) is 15.1. The number of aliphatic hydroxyl groups excluding tert-OH is 1. The third-order valence-corrected chi connectivity index (χ3v) is 4.80. The van der Waals surface area contributed by atoms with E-state index >= 15 is 0 Å². The van der Waals surface area contributed by atoms with Gasteiger partial charge in [0.2, 0.25) is 5.91 Å². The van der Waals surface area contributed by atoms with E-state index in [-0.39, 0.29) is 24.5 Å². The van der Waals surface area contributed by atoms with Gasteiger partial charge in [-0.2, -0.15) is 0 Å². The van der Waals surface area contributed by atoms with Crippen LogP contribution in [0.3, 0.4) is 0 Å². The Kier molecular flexibility index (Phi) is 4.48. The van der Waals surface area contributed by atoms with Crippen LogP contribution in [-0.2, 0) is 11.3 Å². The van der Waals surface area contributed by atoms with Crippen LogP contribution in [0.1, 0.15) is 26.2 Å². The van der Waals surface area contributed by atoms with Crippen molar-refractivity contribution in [2.24, 2.45) is 5.92 Å². The molecular formula is C18H24N2O2. The van der Waals surface area contributed by atoms with Gasteiger partial charge >= 0.3 is 0 Å². The molecule has 1 aliphatic heterocycles. The van der Waals surface area contributed by atoms with Crippen molar-refractivity contribution in [3.63, 3.8) is 0 Å². The van der Waals surface area contributed by atoms with E-state index in [0.29, 0.717) is 19.5 Å². The molecule has 0 saturated carbocycles. The van der Waals surface area contributed by atoms with Crippen LogP contribution < -0.4 is 0 Å². The quantitative estimate of drug-likeness (QED) is 0.943. The lowest BCUT2D eigenvalue weighted by Gasteiger charge is -2.37. The van der Waals surface area contributed by atoms with Crippen molar-refractivity contribution in [1.82, 2.24) is 9.47 Å². The molecule has 1 aliphatic rings. The lowest BCUT2D eigenvalue weighted by atomic mass is 9.94. The summed E-state index contributed by atoms with van der Waals surface area (Å²) in [6.45, 7) is 3.69. The number of para-hydroxylation sites is 1. The molecule has 1 N–H and O–H groups in total. The van der Waals surface area contributed by atoms with Gasteiger partial charge in [0, 0.05) is 43.9 Å². The van der Waals surface area contributed by atoms with Gasteiger partial charge < -0.3 is 14.6 Å². The second-order valence-corrected chi connectivity index (χ2v) is 6.34. The summed E-state index contributed by atoms with van der Waals surface area (Å²) in [5.41, 5.74) is 1.18. The maximum atomic E-state index is 12.5. The fraction of sp³-hybridized carbons (Fsp3) is 0.500. The van der Waals surface area contributed by atoms with Crippen molar-refractivity contribution in [2.45, 2.75) is 38.8 Å². The Balaban J connectivity index is 1.64. The molecule has 3 rings (SSSR count). The Bertz CT molecular complexity index is 649. The molecule has 1 amide bonds. The minimum absolute atomic E-state index is 0.179. The van der Waals surface area contributed by atoms with E-state index < -0.39 is 0 Å². The highest BCUT2D eigenvalue weighted by Crippen LogP contribution is 2.23. The number of aryl methyl sites for hydroxylation is 1. The van der Waals surface area contributed by atoms with Gasteiger partial charge in [-0.1, -0.05) is 18.2 Å². The smallest absolute Gasteiger partial charge is 0.224 e. The van der Waals surface area contributed by atoms with Crippen LogP contribution >= 0.6 is 0 Å². The molecular weight excluding hydrogens is 276 g/mol. The van der Waals surface area contributed by atoms with E-state index in [0.717, 1.165) is 12.8 Å². The van der Waals surface area contributed by atoms with Gasteiger partial charge in [0.1, 0.15) is 0 Å². The third kappa shape index (κ3) is 3.02. The van der Waals surface area contributed by atoms with Crippen LogP contribution in [0.25, 0.3) is 10.9 Å². The summed E-state index contributed by atoms with van der Waals surface area (Å²) in [4.78, 5) is 14.5. The molecule has 2 aromatic rings. The number of fused-ring (bicyclic) bond motifs is 1. The summed E-state index contributed by atoms with van der Waals surface area (Å²) in [5, 5.41) is 10.5. The number of hydrogen-bond donors (Lipinski definition) is 1. The molecule has 1 saturated heterocycles. The van der Waals surface area contributed by atoms with Crippen molar-refractivity contribution in [1.29, 1.82) is 0 Å². The number of likely N-dealkylation sites (tertiary alicyclic amines) is 1. The Hall–Kier alpha value is -1.81. The number of benzene rings is 1. The molecule has 0 aliphatic carbocycles. The molecule has 0 radical (unpaired) electrons. The van der Waals surface area contributed by atoms with Gasteiger partial charge in [-0.25, -0.2) is 0 Å². The first-order chi connectivity index (χ1) is 10.7. The minimum atomic E-state index is 0.179. The predicted octanol–water partition coefficient (Wildman–Crippen LogP) is 2.65. The van der Waals surface area contributed by atoms with Crippen molar-refractivity contribution in [3.8, 4) is 0 Å². The summed E-state index contributed by atoms with van der Waals surface area (Å²) in [5.74, 6) is 0.441. The molecule has 2 heterocycles. The number of aliphatic hydroxyl groups is 1. The van der Waals surface area contributed by atoms with Crippen LogP contribution in [0, 0.1) is 5.92 Å². The number of hydrogen-bond acceptors (Lipinski definition) is 2. The van der Waals surface area contributed by atoms with E-state index in [9.17, 15) is 9.90 Å². The van der Waals surface area contributed by atoms with Crippen LogP contribution in [0.5, 0.6) is 0 Å². The van der Waals surface area contributed by atoms with Crippen molar-refractivity contribution >= 4 is 16.8 Å². The average molecular weight is 300 g/mol. The van der Waals surface area contributed by atoms with E-state index in [1.54, 1.807) is 0 Å². The van der Waals surface area contributed by atoms with Gasteiger partial charge in [0.05, 0.1) is 0 Å².